The summed E-state index contributed by atoms with van der Waals surface area (Å²) >= 11 is 1.59. The molecule has 0 atom stereocenters. The third-order valence-electron chi connectivity index (χ3n) is 3.87. The van der Waals surface area contributed by atoms with Crippen molar-refractivity contribution in [3.8, 4) is 11.5 Å². The highest BCUT2D eigenvalue weighted by atomic mass is 32.2. The van der Waals surface area contributed by atoms with Crippen LogP contribution in [0.3, 0.4) is 0 Å². The summed E-state index contributed by atoms with van der Waals surface area (Å²) in [6.07, 6.45) is 2.11. The summed E-state index contributed by atoms with van der Waals surface area (Å²) in [5.74, 6) is 1.53. The zero-order valence-electron chi connectivity index (χ0n) is 12.4. The first kappa shape index (κ1) is 15.6. The smallest absolute Gasteiger partial charge is 0.248 e. The lowest BCUT2D eigenvalue weighted by Crippen LogP contribution is -2.39. The van der Waals surface area contributed by atoms with Gasteiger partial charge in [-0.2, -0.15) is 11.3 Å². The van der Waals surface area contributed by atoms with Crippen LogP contribution in [-0.2, 0) is 10.0 Å². The van der Waals surface area contributed by atoms with E-state index in [2.05, 4.69) is 10.2 Å². The minimum Gasteiger partial charge on any atom is -0.420 e. The predicted octanol–water partition coefficient (Wildman–Crippen LogP) is 2.72. The third-order valence-corrected chi connectivity index (χ3v) is 6.63. The van der Waals surface area contributed by atoms with Crippen LogP contribution in [0.25, 0.3) is 11.5 Å². The molecule has 1 aliphatic heterocycles. The van der Waals surface area contributed by atoms with Crippen molar-refractivity contribution in [2.45, 2.75) is 32.1 Å². The summed E-state index contributed by atoms with van der Waals surface area (Å²) in [4.78, 5) is 0. The Bertz CT molecular complexity index is 702. The first-order valence-electron chi connectivity index (χ1n) is 7.44. The molecule has 0 aliphatic carbocycles. The number of thiophene rings is 1. The monoisotopic (exact) mass is 341 g/mol. The second-order valence-corrected chi connectivity index (χ2v) is 8.32. The van der Waals surface area contributed by atoms with E-state index in [0.717, 1.165) is 18.4 Å². The quantitative estimate of drug-likeness (QED) is 0.836. The number of aromatic nitrogens is 2. The van der Waals surface area contributed by atoms with Gasteiger partial charge in [0.2, 0.25) is 21.8 Å². The van der Waals surface area contributed by atoms with E-state index < -0.39 is 10.0 Å². The minimum atomic E-state index is -3.10. The molecule has 0 spiro atoms. The summed E-state index contributed by atoms with van der Waals surface area (Å²) in [7, 11) is -3.10. The largest absolute Gasteiger partial charge is 0.420 e. The molecule has 0 amide bonds. The van der Waals surface area contributed by atoms with Crippen molar-refractivity contribution in [2.75, 3.05) is 18.8 Å². The van der Waals surface area contributed by atoms with Gasteiger partial charge in [0.05, 0.1) is 5.75 Å². The number of rotatable bonds is 5. The molecule has 22 heavy (non-hydrogen) atoms. The Kier molecular flexibility index (Phi) is 4.60. The van der Waals surface area contributed by atoms with E-state index in [9.17, 15) is 8.42 Å². The zero-order chi connectivity index (χ0) is 15.6. The highest BCUT2D eigenvalue weighted by Crippen LogP contribution is 2.30. The Morgan fingerprint density at radius 3 is 2.77 bits per heavy atom. The molecule has 1 aliphatic rings. The van der Waals surface area contributed by atoms with Gasteiger partial charge in [-0.25, -0.2) is 12.7 Å². The molecule has 0 bridgehead atoms. The fourth-order valence-corrected chi connectivity index (χ4v) is 4.84. The van der Waals surface area contributed by atoms with E-state index in [1.807, 2.05) is 23.8 Å². The number of nitrogens with zero attached hydrogens (tertiary/aromatic N) is 3. The van der Waals surface area contributed by atoms with E-state index in [1.54, 1.807) is 15.6 Å². The molecule has 3 heterocycles. The summed E-state index contributed by atoms with van der Waals surface area (Å²) in [6.45, 7) is 2.95. The SMILES string of the molecule is CCCS(=O)(=O)N1CCC(c2nnc(-c3ccsc3)o2)CC1. The van der Waals surface area contributed by atoms with E-state index in [1.165, 1.54) is 0 Å². The fourth-order valence-electron chi connectivity index (χ4n) is 2.67. The molecule has 0 aromatic carbocycles. The molecule has 8 heteroatoms. The van der Waals surface area contributed by atoms with E-state index in [4.69, 9.17) is 4.42 Å². The molecule has 0 radical (unpaired) electrons. The lowest BCUT2D eigenvalue weighted by atomic mass is 9.98. The molecule has 0 saturated carbocycles. The van der Waals surface area contributed by atoms with Gasteiger partial charge in [0.25, 0.3) is 0 Å². The molecular formula is C14H19N3O3S2. The third kappa shape index (κ3) is 3.23. The van der Waals surface area contributed by atoms with Gasteiger partial charge < -0.3 is 4.42 Å². The Balaban J connectivity index is 1.65. The van der Waals surface area contributed by atoms with Crippen LogP contribution in [0.1, 0.15) is 38.0 Å². The summed E-state index contributed by atoms with van der Waals surface area (Å²) in [5.41, 5.74) is 0.937. The van der Waals surface area contributed by atoms with Crippen LogP contribution in [0, 0.1) is 0 Å². The maximum absolute atomic E-state index is 12.1. The molecule has 6 nitrogen and oxygen atoms in total. The standard InChI is InChI=1S/C14H19N3O3S2/c1-2-9-22(18,19)17-6-3-11(4-7-17)13-15-16-14(20-13)12-5-8-21-10-12/h5,8,10-11H,2-4,6-7,9H2,1H3. The van der Waals surface area contributed by atoms with Crippen molar-refractivity contribution in [1.29, 1.82) is 0 Å². The van der Waals surface area contributed by atoms with Gasteiger partial charge in [-0.1, -0.05) is 6.92 Å². The first-order chi connectivity index (χ1) is 10.6. The van der Waals surface area contributed by atoms with E-state index >= 15 is 0 Å². The molecule has 3 rings (SSSR count). The maximum Gasteiger partial charge on any atom is 0.248 e. The van der Waals surface area contributed by atoms with Crippen LogP contribution in [0.5, 0.6) is 0 Å². The minimum absolute atomic E-state index is 0.146. The van der Waals surface area contributed by atoms with Crippen molar-refractivity contribution in [3.63, 3.8) is 0 Å². The van der Waals surface area contributed by atoms with E-state index in [0.29, 0.717) is 31.3 Å². The fraction of sp³-hybridized carbons (Fsp3) is 0.571. The molecule has 1 fully saturated rings. The lowest BCUT2D eigenvalue weighted by molar-refractivity contribution is 0.291. The van der Waals surface area contributed by atoms with Crippen LogP contribution in [0.4, 0.5) is 0 Å². The molecule has 2 aromatic heterocycles. The molecule has 0 N–H and O–H groups in total. The molecule has 120 valence electrons. The van der Waals surface area contributed by atoms with Crippen molar-refractivity contribution in [1.82, 2.24) is 14.5 Å². The summed E-state index contributed by atoms with van der Waals surface area (Å²) in [5, 5.41) is 12.2. The van der Waals surface area contributed by atoms with Crippen LogP contribution in [0.15, 0.2) is 21.2 Å². The predicted molar refractivity (Wildman–Crippen MR) is 85.2 cm³/mol. The van der Waals surface area contributed by atoms with E-state index in [-0.39, 0.29) is 11.7 Å². The highest BCUT2D eigenvalue weighted by molar-refractivity contribution is 7.89. The van der Waals surface area contributed by atoms with Crippen LogP contribution >= 0.6 is 11.3 Å². The maximum atomic E-state index is 12.1. The van der Waals surface area contributed by atoms with Crippen molar-refractivity contribution < 1.29 is 12.8 Å². The number of sulfonamides is 1. The van der Waals surface area contributed by atoms with Crippen molar-refractivity contribution >= 4 is 21.4 Å². The van der Waals surface area contributed by atoms with Crippen LogP contribution < -0.4 is 0 Å². The number of piperidine rings is 1. The van der Waals surface area contributed by atoms with Gasteiger partial charge in [-0.15, -0.1) is 10.2 Å². The van der Waals surface area contributed by atoms with Crippen molar-refractivity contribution in [3.05, 3.63) is 22.7 Å². The van der Waals surface area contributed by atoms with Crippen LogP contribution in [-0.4, -0.2) is 41.8 Å². The Labute approximate surface area is 134 Å². The lowest BCUT2D eigenvalue weighted by Gasteiger charge is -2.29. The average Bonchev–Trinajstić information content (AvgIpc) is 3.18. The second-order valence-electron chi connectivity index (χ2n) is 5.45. The van der Waals surface area contributed by atoms with Crippen LogP contribution in [0.2, 0.25) is 0 Å². The number of hydrogen-bond donors (Lipinski definition) is 0. The average molecular weight is 341 g/mol. The zero-order valence-corrected chi connectivity index (χ0v) is 14.1. The second kappa shape index (κ2) is 6.47. The highest BCUT2D eigenvalue weighted by Gasteiger charge is 2.30. The summed E-state index contributed by atoms with van der Waals surface area (Å²) in [6, 6.07) is 1.95. The van der Waals surface area contributed by atoms with Gasteiger partial charge in [0, 0.05) is 30.0 Å². The van der Waals surface area contributed by atoms with Gasteiger partial charge in [-0.3, -0.25) is 0 Å². The normalized spacial score (nSPS) is 17.9. The molecule has 2 aromatic rings. The summed E-state index contributed by atoms with van der Waals surface area (Å²) < 4.78 is 31.5. The topological polar surface area (TPSA) is 76.3 Å². The molecule has 1 saturated heterocycles. The first-order valence-corrected chi connectivity index (χ1v) is 9.99. The Hall–Kier alpha value is -1.25. The molecular weight excluding hydrogens is 322 g/mol. The van der Waals surface area contributed by atoms with Gasteiger partial charge >= 0.3 is 0 Å². The Morgan fingerprint density at radius 1 is 1.36 bits per heavy atom. The van der Waals surface area contributed by atoms with Gasteiger partial charge in [0.15, 0.2) is 0 Å². The Morgan fingerprint density at radius 2 is 2.14 bits per heavy atom. The molecule has 0 unspecified atom stereocenters. The number of hydrogen-bond acceptors (Lipinski definition) is 6. The van der Waals surface area contributed by atoms with Gasteiger partial charge in [-0.05, 0) is 30.7 Å². The van der Waals surface area contributed by atoms with Crippen molar-refractivity contribution in [2.24, 2.45) is 0 Å². The van der Waals surface area contributed by atoms with Gasteiger partial charge in [0.1, 0.15) is 0 Å².